The van der Waals surface area contributed by atoms with Gasteiger partial charge in [-0.1, -0.05) is 26.0 Å². The highest BCUT2D eigenvalue weighted by atomic mass is 16.2. The third-order valence-electron chi connectivity index (χ3n) is 3.91. The minimum Gasteiger partial charge on any atom is -0.352 e. The summed E-state index contributed by atoms with van der Waals surface area (Å²) in [6.45, 7) is 4.76. The SMILES string of the molecule is CCC(C)C(=O)NCc1cccc(NC(=O)NCc2ccncc2)c1. The van der Waals surface area contributed by atoms with Gasteiger partial charge in [0.1, 0.15) is 0 Å². The zero-order valence-electron chi connectivity index (χ0n) is 14.6. The second kappa shape index (κ2) is 9.42. The highest BCUT2D eigenvalue weighted by Crippen LogP contribution is 2.11. The van der Waals surface area contributed by atoms with Crippen molar-refractivity contribution in [3.05, 3.63) is 59.9 Å². The van der Waals surface area contributed by atoms with E-state index in [1.165, 1.54) is 0 Å². The van der Waals surface area contributed by atoms with Gasteiger partial charge in [-0.15, -0.1) is 0 Å². The number of amides is 3. The van der Waals surface area contributed by atoms with Crippen LogP contribution in [0.4, 0.5) is 10.5 Å². The number of benzene rings is 1. The van der Waals surface area contributed by atoms with Crippen LogP contribution in [0.1, 0.15) is 31.4 Å². The van der Waals surface area contributed by atoms with Gasteiger partial charge in [0.05, 0.1) is 0 Å². The lowest BCUT2D eigenvalue weighted by Gasteiger charge is -2.11. The van der Waals surface area contributed by atoms with Crippen molar-refractivity contribution in [1.82, 2.24) is 15.6 Å². The van der Waals surface area contributed by atoms with Crippen LogP contribution in [0.15, 0.2) is 48.8 Å². The number of nitrogens with one attached hydrogen (secondary N) is 3. The van der Waals surface area contributed by atoms with Crippen molar-refractivity contribution < 1.29 is 9.59 Å². The highest BCUT2D eigenvalue weighted by Gasteiger charge is 2.09. The van der Waals surface area contributed by atoms with Crippen molar-refractivity contribution in [3.63, 3.8) is 0 Å². The van der Waals surface area contributed by atoms with E-state index in [4.69, 9.17) is 0 Å². The molecule has 0 radical (unpaired) electrons. The number of carbonyl (C=O) groups excluding carboxylic acids is 2. The lowest BCUT2D eigenvalue weighted by Crippen LogP contribution is -2.29. The second-order valence-corrected chi connectivity index (χ2v) is 5.89. The zero-order chi connectivity index (χ0) is 18.1. The first kappa shape index (κ1) is 18.4. The van der Waals surface area contributed by atoms with Gasteiger partial charge in [-0.3, -0.25) is 9.78 Å². The predicted octanol–water partition coefficient (Wildman–Crippen LogP) is 3.07. The average Bonchev–Trinajstić information content (AvgIpc) is 2.65. The molecule has 0 aliphatic heterocycles. The summed E-state index contributed by atoms with van der Waals surface area (Å²) in [5, 5.41) is 8.49. The molecular weight excluding hydrogens is 316 g/mol. The summed E-state index contributed by atoms with van der Waals surface area (Å²) in [6.07, 6.45) is 4.18. The Hall–Kier alpha value is -2.89. The molecule has 1 aromatic heterocycles. The molecule has 0 bridgehead atoms. The number of rotatable bonds is 7. The average molecular weight is 340 g/mol. The van der Waals surface area contributed by atoms with Crippen molar-refractivity contribution >= 4 is 17.6 Å². The minimum atomic E-state index is -0.280. The Balaban J connectivity index is 1.84. The van der Waals surface area contributed by atoms with E-state index in [1.807, 2.05) is 50.2 Å². The van der Waals surface area contributed by atoms with Crippen LogP contribution >= 0.6 is 0 Å². The molecular formula is C19H24N4O2. The van der Waals surface area contributed by atoms with Crippen LogP contribution in [0.2, 0.25) is 0 Å². The molecule has 1 heterocycles. The second-order valence-electron chi connectivity index (χ2n) is 5.89. The first-order valence-electron chi connectivity index (χ1n) is 8.39. The topological polar surface area (TPSA) is 83.1 Å². The molecule has 132 valence electrons. The van der Waals surface area contributed by atoms with Crippen molar-refractivity contribution in [2.75, 3.05) is 5.32 Å². The molecule has 0 fully saturated rings. The minimum absolute atomic E-state index is 0.000252. The van der Waals surface area contributed by atoms with E-state index in [1.54, 1.807) is 12.4 Å². The van der Waals surface area contributed by atoms with Gasteiger partial charge in [0.25, 0.3) is 0 Å². The molecule has 1 aromatic carbocycles. The van der Waals surface area contributed by atoms with Gasteiger partial charge in [0.15, 0.2) is 0 Å². The first-order valence-corrected chi connectivity index (χ1v) is 8.39. The maximum atomic E-state index is 12.0. The molecule has 0 aliphatic carbocycles. The third kappa shape index (κ3) is 6.25. The molecule has 2 aromatic rings. The fourth-order valence-corrected chi connectivity index (χ4v) is 2.17. The summed E-state index contributed by atoms with van der Waals surface area (Å²) in [5.74, 6) is 0.0382. The number of hydrogen-bond donors (Lipinski definition) is 3. The van der Waals surface area contributed by atoms with E-state index in [9.17, 15) is 9.59 Å². The Morgan fingerprint density at radius 2 is 1.76 bits per heavy atom. The molecule has 3 amide bonds. The van der Waals surface area contributed by atoms with E-state index < -0.39 is 0 Å². The summed E-state index contributed by atoms with van der Waals surface area (Å²) in [6, 6.07) is 10.8. The fourth-order valence-electron chi connectivity index (χ4n) is 2.17. The molecule has 1 unspecified atom stereocenters. The maximum Gasteiger partial charge on any atom is 0.319 e. The van der Waals surface area contributed by atoms with E-state index in [-0.39, 0.29) is 17.9 Å². The fraction of sp³-hybridized carbons (Fsp3) is 0.316. The van der Waals surface area contributed by atoms with E-state index in [0.717, 1.165) is 17.5 Å². The van der Waals surface area contributed by atoms with Crippen LogP contribution in [0.3, 0.4) is 0 Å². The smallest absolute Gasteiger partial charge is 0.319 e. The van der Waals surface area contributed by atoms with Crippen LogP contribution in [-0.2, 0) is 17.9 Å². The Labute approximate surface area is 148 Å². The number of hydrogen-bond acceptors (Lipinski definition) is 3. The molecule has 6 heteroatoms. The lowest BCUT2D eigenvalue weighted by molar-refractivity contribution is -0.124. The largest absolute Gasteiger partial charge is 0.352 e. The molecule has 25 heavy (non-hydrogen) atoms. The molecule has 6 nitrogen and oxygen atoms in total. The quantitative estimate of drug-likeness (QED) is 0.724. The van der Waals surface area contributed by atoms with E-state index in [2.05, 4.69) is 20.9 Å². The Kier molecular flexibility index (Phi) is 6.95. The normalized spacial score (nSPS) is 11.4. The van der Waals surface area contributed by atoms with Crippen LogP contribution in [0.25, 0.3) is 0 Å². The third-order valence-corrected chi connectivity index (χ3v) is 3.91. The highest BCUT2D eigenvalue weighted by molar-refractivity contribution is 5.89. The summed E-state index contributed by atoms with van der Waals surface area (Å²) >= 11 is 0. The van der Waals surface area contributed by atoms with Crippen molar-refractivity contribution in [1.29, 1.82) is 0 Å². The standard InChI is InChI=1S/C19H24N4O2/c1-3-14(2)18(24)21-13-16-5-4-6-17(11-16)23-19(25)22-12-15-7-9-20-10-8-15/h4-11,14H,3,12-13H2,1-2H3,(H,21,24)(H2,22,23,25). The molecule has 3 N–H and O–H groups in total. The number of anilines is 1. The predicted molar refractivity (Wildman–Crippen MR) is 97.8 cm³/mol. The Bertz CT molecular complexity index is 704. The Morgan fingerprint density at radius 3 is 2.48 bits per heavy atom. The van der Waals surface area contributed by atoms with Crippen LogP contribution in [0, 0.1) is 5.92 Å². The van der Waals surface area contributed by atoms with Crippen LogP contribution < -0.4 is 16.0 Å². The zero-order valence-corrected chi connectivity index (χ0v) is 14.6. The van der Waals surface area contributed by atoms with E-state index >= 15 is 0 Å². The number of nitrogens with zero attached hydrogens (tertiary/aromatic N) is 1. The molecule has 0 aliphatic rings. The summed E-state index contributed by atoms with van der Waals surface area (Å²) in [5.41, 5.74) is 2.60. The number of pyridine rings is 1. The van der Waals surface area contributed by atoms with Gasteiger partial charge < -0.3 is 16.0 Å². The lowest BCUT2D eigenvalue weighted by atomic mass is 10.1. The van der Waals surface area contributed by atoms with Crippen molar-refractivity contribution in [2.45, 2.75) is 33.4 Å². The van der Waals surface area contributed by atoms with Crippen molar-refractivity contribution in [3.8, 4) is 0 Å². The molecule has 0 spiro atoms. The van der Waals surface area contributed by atoms with Gasteiger partial charge in [0, 0.05) is 37.1 Å². The molecule has 1 atom stereocenters. The number of urea groups is 1. The van der Waals surface area contributed by atoms with Crippen LogP contribution in [0.5, 0.6) is 0 Å². The first-order chi connectivity index (χ1) is 12.1. The van der Waals surface area contributed by atoms with Gasteiger partial charge in [-0.25, -0.2) is 4.79 Å². The molecule has 0 saturated carbocycles. The summed E-state index contributed by atoms with van der Waals surface area (Å²) < 4.78 is 0. The number of carbonyl (C=O) groups is 2. The van der Waals surface area contributed by atoms with Crippen LogP contribution in [-0.4, -0.2) is 16.9 Å². The van der Waals surface area contributed by atoms with E-state index in [0.29, 0.717) is 18.8 Å². The molecule has 2 rings (SSSR count). The maximum absolute atomic E-state index is 12.0. The van der Waals surface area contributed by atoms with Gasteiger partial charge in [-0.05, 0) is 41.8 Å². The van der Waals surface area contributed by atoms with Gasteiger partial charge in [-0.2, -0.15) is 0 Å². The van der Waals surface area contributed by atoms with Crippen molar-refractivity contribution in [2.24, 2.45) is 5.92 Å². The monoisotopic (exact) mass is 340 g/mol. The van der Waals surface area contributed by atoms with Gasteiger partial charge in [0.2, 0.25) is 5.91 Å². The summed E-state index contributed by atoms with van der Waals surface area (Å²) in [7, 11) is 0. The summed E-state index contributed by atoms with van der Waals surface area (Å²) in [4.78, 5) is 27.8. The number of aromatic nitrogens is 1. The Morgan fingerprint density at radius 1 is 1.04 bits per heavy atom. The van der Waals surface area contributed by atoms with Gasteiger partial charge >= 0.3 is 6.03 Å². The molecule has 0 saturated heterocycles.